The molecule has 2 aliphatic rings. The molecule has 1 aromatic heterocycles. The number of methoxy groups -OCH3 is 2. The maximum absolute atomic E-state index is 13.4. The van der Waals surface area contributed by atoms with E-state index in [1.807, 2.05) is 53.7 Å². The number of nitrogens with zero attached hydrogens (tertiary/aromatic N) is 4. The van der Waals surface area contributed by atoms with E-state index in [4.69, 9.17) is 20.2 Å². The molecule has 3 heterocycles. The number of nitrogens with two attached hydrogens (primary N) is 1. The molecular formula is C36H52N8O6. The van der Waals surface area contributed by atoms with Gasteiger partial charge in [-0.3, -0.25) is 14.6 Å². The summed E-state index contributed by atoms with van der Waals surface area (Å²) in [7, 11) is 2.53. The predicted octanol–water partition coefficient (Wildman–Crippen LogP) is 3.12. The molecule has 0 spiro atoms. The molecule has 272 valence electrons. The van der Waals surface area contributed by atoms with Crippen LogP contribution in [0.2, 0.25) is 0 Å². The third-order valence-electron chi connectivity index (χ3n) is 8.88. The molecule has 5 N–H and O–H groups in total. The topological polar surface area (TPSA) is 184 Å². The summed E-state index contributed by atoms with van der Waals surface area (Å²) in [4.78, 5) is 66.5. The van der Waals surface area contributed by atoms with Gasteiger partial charge in [0.25, 0.3) is 0 Å². The highest BCUT2D eigenvalue weighted by atomic mass is 16.5. The van der Waals surface area contributed by atoms with Crippen molar-refractivity contribution >= 4 is 29.8 Å². The number of allylic oxidation sites excluding steroid dienone is 1. The molecule has 3 rings (SSSR count). The number of aromatic amines is 1. The summed E-state index contributed by atoms with van der Waals surface area (Å²) in [5.74, 6) is 12.0. The van der Waals surface area contributed by atoms with Crippen LogP contribution in [-0.4, -0.2) is 101 Å². The van der Waals surface area contributed by atoms with Crippen molar-refractivity contribution < 1.29 is 28.7 Å². The molecule has 2 unspecified atom stereocenters. The summed E-state index contributed by atoms with van der Waals surface area (Å²) in [6.07, 6.45) is 7.12. The first kappa shape index (κ1) is 39.5. The molecule has 6 atom stereocenters. The van der Waals surface area contributed by atoms with Crippen molar-refractivity contribution in [3.05, 3.63) is 29.9 Å². The highest BCUT2D eigenvalue weighted by molar-refractivity contribution is 5.93. The first-order valence-corrected chi connectivity index (χ1v) is 17.1. The molecule has 2 aliphatic heterocycles. The van der Waals surface area contributed by atoms with Crippen LogP contribution in [-0.2, 0) is 19.1 Å². The molecule has 2 fully saturated rings. The van der Waals surface area contributed by atoms with Crippen LogP contribution in [0.5, 0.6) is 0 Å². The lowest BCUT2D eigenvalue weighted by Crippen LogP contribution is -2.54. The van der Waals surface area contributed by atoms with E-state index < -0.39 is 24.3 Å². The number of amides is 4. The second-order valence-corrected chi connectivity index (χ2v) is 13.1. The highest BCUT2D eigenvalue weighted by Crippen LogP contribution is 2.31. The number of nitrogens with one attached hydrogen (secondary N) is 3. The Morgan fingerprint density at radius 1 is 0.960 bits per heavy atom. The Labute approximate surface area is 295 Å². The number of aliphatic imine (C=N–C) groups is 1. The average Bonchev–Trinajstić information content (AvgIpc) is 3.87. The molecule has 1 aromatic rings. The van der Waals surface area contributed by atoms with Crippen molar-refractivity contribution in [1.82, 2.24) is 30.4 Å². The highest BCUT2D eigenvalue weighted by Gasteiger charge is 2.38. The summed E-state index contributed by atoms with van der Waals surface area (Å²) < 4.78 is 9.43. The minimum atomic E-state index is -0.744. The molecule has 0 radical (unpaired) electrons. The van der Waals surface area contributed by atoms with Gasteiger partial charge < -0.3 is 40.6 Å². The third kappa shape index (κ3) is 10.3. The number of hydrogen-bond acceptors (Lipinski definition) is 8. The number of carbonyl (C=O) groups excluding carboxylic acids is 4. The zero-order chi connectivity index (χ0) is 37.0. The SMILES string of the molecule is C/C=C\C(C#CC#Cc1cnc([C@@H]2CCCN2C(=O)[C@@H](NC(=O)OC)C(C)C)[nH]1)C(C)N=C(N)[C@@H]1CCCN1C(=O)[C@@H](NC(=O)OC)C(C)C. The summed E-state index contributed by atoms with van der Waals surface area (Å²) in [6, 6.07) is -2.43. The van der Waals surface area contributed by atoms with E-state index in [1.54, 1.807) is 16.0 Å². The van der Waals surface area contributed by atoms with Crippen LogP contribution in [0, 0.1) is 41.4 Å². The standard InChI is InChI=1S/C36H52N8O6/c1-9-14-25(24(6)39-31(37)27-17-12-19-43(27)33(45)29(22(2)3)41-35(47)49-7)15-10-11-16-26-21-38-32(40-26)28-18-13-20-44(28)34(46)30(23(4)5)42-36(48)50-8/h9,14,21-25,27-30H,12-13,17-20H2,1-8H3,(H2,37,39)(H,38,40)(H,41,47)(H,42,48)/b14-9-/t24?,25?,27-,28-,29-,30-/m0/s1. The lowest BCUT2D eigenvalue weighted by molar-refractivity contribution is -0.135. The number of likely N-dealkylation sites (tertiary alicyclic amines) is 2. The van der Waals surface area contributed by atoms with Gasteiger partial charge in [-0.05, 0) is 69.1 Å². The van der Waals surface area contributed by atoms with Crippen molar-refractivity contribution in [1.29, 1.82) is 0 Å². The van der Waals surface area contributed by atoms with Crippen molar-refractivity contribution in [2.24, 2.45) is 28.5 Å². The van der Waals surface area contributed by atoms with Crippen molar-refractivity contribution in [2.75, 3.05) is 27.3 Å². The fourth-order valence-electron chi connectivity index (χ4n) is 6.13. The Morgan fingerprint density at radius 3 is 2.12 bits per heavy atom. The fraction of sp³-hybridized carbons (Fsp3) is 0.611. The fourth-order valence-corrected chi connectivity index (χ4v) is 6.13. The normalized spacial score (nSPS) is 20.0. The molecule has 0 aliphatic carbocycles. The second kappa shape index (κ2) is 18.7. The Kier molecular flexibility index (Phi) is 14.8. The zero-order valence-corrected chi connectivity index (χ0v) is 30.4. The lowest BCUT2D eigenvalue weighted by Gasteiger charge is -2.30. The average molecular weight is 693 g/mol. The molecule has 4 amide bonds. The molecule has 14 heteroatoms. The molecule has 0 bridgehead atoms. The van der Waals surface area contributed by atoms with E-state index in [0.29, 0.717) is 36.9 Å². The summed E-state index contributed by atoms with van der Waals surface area (Å²) in [6.45, 7) is 12.4. The van der Waals surface area contributed by atoms with Gasteiger partial charge in [-0.15, -0.1) is 0 Å². The van der Waals surface area contributed by atoms with Crippen molar-refractivity contribution in [3.8, 4) is 23.7 Å². The molecular weight excluding hydrogens is 640 g/mol. The molecule has 2 saturated heterocycles. The summed E-state index contributed by atoms with van der Waals surface area (Å²) in [5.41, 5.74) is 7.06. The number of rotatable bonds is 11. The van der Waals surface area contributed by atoms with E-state index >= 15 is 0 Å². The number of alkyl carbamates (subject to hydrolysis) is 2. The zero-order valence-electron chi connectivity index (χ0n) is 30.4. The molecule has 0 aromatic carbocycles. The van der Waals surface area contributed by atoms with Gasteiger partial charge in [-0.2, -0.15) is 0 Å². The van der Waals surface area contributed by atoms with Gasteiger partial charge in [0.2, 0.25) is 11.8 Å². The largest absolute Gasteiger partial charge is 0.453 e. The van der Waals surface area contributed by atoms with E-state index in [2.05, 4.69) is 44.3 Å². The maximum atomic E-state index is 13.4. The second-order valence-electron chi connectivity index (χ2n) is 13.1. The Bertz CT molecular complexity index is 1540. The van der Waals surface area contributed by atoms with Gasteiger partial charge in [0.15, 0.2) is 0 Å². The first-order valence-electron chi connectivity index (χ1n) is 17.1. The van der Waals surface area contributed by atoms with Gasteiger partial charge in [-0.25, -0.2) is 14.6 Å². The van der Waals surface area contributed by atoms with Gasteiger partial charge >= 0.3 is 12.2 Å². The van der Waals surface area contributed by atoms with Gasteiger partial charge in [0.1, 0.15) is 29.4 Å². The Hall–Kier alpha value is -4.98. The third-order valence-corrected chi connectivity index (χ3v) is 8.88. The number of imidazole rings is 1. The minimum absolute atomic E-state index is 0.128. The van der Waals surface area contributed by atoms with Gasteiger partial charge in [-0.1, -0.05) is 45.8 Å². The number of hydrogen-bond donors (Lipinski definition) is 4. The number of aromatic nitrogens is 2. The van der Waals surface area contributed by atoms with E-state index in [9.17, 15) is 19.2 Å². The summed E-state index contributed by atoms with van der Waals surface area (Å²) in [5, 5.41) is 5.30. The van der Waals surface area contributed by atoms with E-state index in [1.165, 1.54) is 14.2 Å². The Balaban J connectivity index is 1.71. The number of carbonyl (C=O) groups is 4. The van der Waals surface area contributed by atoms with Crippen molar-refractivity contribution in [3.63, 3.8) is 0 Å². The molecule has 0 saturated carbocycles. The van der Waals surface area contributed by atoms with Gasteiger partial charge in [0, 0.05) is 13.1 Å². The van der Waals surface area contributed by atoms with E-state index in [0.717, 1.165) is 19.3 Å². The quantitative estimate of drug-likeness (QED) is 0.118. The first-order chi connectivity index (χ1) is 23.8. The van der Waals surface area contributed by atoms with E-state index in [-0.39, 0.29) is 47.7 Å². The van der Waals surface area contributed by atoms with Crippen LogP contribution < -0.4 is 16.4 Å². The van der Waals surface area contributed by atoms with Crippen LogP contribution in [0.15, 0.2) is 23.3 Å². The molecule has 14 nitrogen and oxygen atoms in total. The van der Waals surface area contributed by atoms with Crippen LogP contribution in [0.25, 0.3) is 0 Å². The number of ether oxygens (including phenoxy) is 2. The molecule has 50 heavy (non-hydrogen) atoms. The van der Waals surface area contributed by atoms with Crippen LogP contribution >= 0.6 is 0 Å². The van der Waals surface area contributed by atoms with Crippen LogP contribution in [0.3, 0.4) is 0 Å². The number of amidine groups is 1. The smallest absolute Gasteiger partial charge is 0.407 e. The van der Waals surface area contributed by atoms with Crippen LogP contribution in [0.1, 0.15) is 84.8 Å². The Morgan fingerprint density at radius 2 is 1.54 bits per heavy atom. The monoisotopic (exact) mass is 692 g/mol. The maximum Gasteiger partial charge on any atom is 0.407 e. The predicted molar refractivity (Wildman–Crippen MR) is 189 cm³/mol. The minimum Gasteiger partial charge on any atom is -0.453 e. The van der Waals surface area contributed by atoms with Gasteiger partial charge in [0.05, 0.1) is 44.5 Å². The number of H-pyrrole nitrogens is 1. The lowest BCUT2D eigenvalue weighted by atomic mass is 10.0. The van der Waals surface area contributed by atoms with Crippen molar-refractivity contribution in [2.45, 2.75) is 97.4 Å². The summed E-state index contributed by atoms with van der Waals surface area (Å²) >= 11 is 0. The van der Waals surface area contributed by atoms with Crippen LogP contribution in [0.4, 0.5) is 9.59 Å².